The number of benzene rings is 2. The number of allylic oxidation sites excluding steroid dienone is 1. The van der Waals surface area contributed by atoms with Crippen LogP contribution in [-0.4, -0.2) is 31.9 Å². The van der Waals surface area contributed by atoms with Crippen LogP contribution in [0.4, 0.5) is 10.1 Å². The summed E-state index contributed by atoms with van der Waals surface area (Å²) in [6.07, 6.45) is 3.72. The summed E-state index contributed by atoms with van der Waals surface area (Å²) < 4.78 is 31.9. The van der Waals surface area contributed by atoms with Gasteiger partial charge in [-0.2, -0.15) is 0 Å². The van der Waals surface area contributed by atoms with Gasteiger partial charge in [-0.05, 0) is 70.2 Å². The fourth-order valence-electron chi connectivity index (χ4n) is 3.41. The monoisotopic (exact) mass is 450 g/mol. The number of anilines is 1. The van der Waals surface area contributed by atoms with E-state index in [0.717, 1.165) is 16.8 Å². The first-order valence-electron chi connectivity index (χ1n) is 10.9. The zero-order valence-electron chi connectivity index (χ0n) is 20.0. The molecule has 174 valence electrons. The van der Waals surface area contributed by atoms with Gasteiger partial charge < -0.3 is 19.5 Å². The summed E-state index contributed by atoms with van der Waals surface area (Å²) in [5.41, 5.74) is 4.59. The van der Waals surface area contributed by atoms with E-state index < -0.39 is 0 Å². The third-order valence-electron chi connectivity index (χ3n) is 5.01. The molecule has 0 amide bonds. The molecule has 5 nitrogen and oxygen atoms in total. The molecular weight excluding hydrogens is 419 g/mol. The van der Waals surface area contributed by atoms with Gasteiger partial charge in [0.25, 0.3) is 0 Å². The molecule has 0 radical (unpaired) electrons. The van der Waals surface area contributed by atoms with E-state index in [9.17, 15) is 4.39 Å². The molecule has 0 unspecified atom stereocenters. The highest BCUT2D eigenvalue weighted by Gasteiger charge is 2.17. The van der Waals surface area contributed by atoms with Crippen LogP contribution >= 0.6 is 0 Å². The Morgan fingerprint density at radius 3 is 2.24 bits per heavy atom. The molecule has 6 heteroatoms. The van der Waals surface area contributed by atoms with Crippen molar-refractivity contribution in [2.24, 2.45) is 0 Å². The Morgan fingerprint density at radius 1 is 0.970 bits per heavy atom. The van der Waals surface area contributed by atoms with Crippen molar-refractivity contribution in [1.82, 2.24) is 4.98 Å². The van der Waals surface area contributed by atoms with Crippen LogP contribution in [0, 0.1) is 5.82 Å². The van der Waals surface area contributed by atoms with Gasteiger partial charge in [-0.25, -0.2) is 9.37 Å². The van der Waals surface area contributed by atoms with Crippen LogP contribution in [0.5, 0.6) is 17.4 Å². The van der Waals surface area contributed by atoms with Crippen molar-refractivity contribution in [1.29, 1.82) is 0 Å². The van der Waals surface area contributed by atoms with Crippen molar-refractivity contribution in [2.75, 3.05) is 26.1 Å². The van der Waals surface area contributed by atoms with Crippen LogP contribution < -0.4 is 19.5 Å². The number of rotatable bonds is 9. The Kier molecular flexibility index (Phi) is 7.93. The van der Waals surface area contributed by atoms with Crippen LogP contribution in [-0.2, 0) is 0 Å². The summed E-state index contributed by atoms with van der Waals surface area (Å²) >= 11 is 0. The van der Waals surface area contributed by atoms with Crippen LogP contribution in [0.15, 0.2) is 60.3 Å². The maximum atomic E-state index is 15.0. The molecule has 0 bridgehead atoms. The normalized spacial score (nSPS) is 10.7. The van der Waals surface area contributed by atoms with Crippen molar-refractivity contribution < 1.29 is 18.6 Å². The summed E-state index contributed by atoms with van der Waals surface area (Å²) in [5, 5.41) is 3.21. The van der Waals surface area contributed by atoms with Crippen LogP contribution in [0.3, 0.4) is 0 Å². The molecule has 3 aromatic rings. The lowest BCUT2D eigenvalue weighted by molar-refractivity contribution is 0.347. The van der Waals surface area contributed by atoms with Gasteiger partial charge in [-0.1, -0.05) is 5.57 Å². The fraction of sp³-hybridized carbons (Fsp3) is 0.296. The minimum atomic E-state index is -0.340. The molecule has 33 heavy (non-hydrogen) atoms. The highest BCUT2D eigenvalue weighted by molar-refractivity contribution is 5.81. The maximum Gasteiger partial charge on any atom is 0.213 e. The number of nitrogens with one attached hydrogen (secondary N) is 1. The van der Waals surface area contributed by atoms with E-state index in [2.05, 4.69) is 10.3 Å². The Hall–Kier alpha value is -3.54. The number of methoxy groups -OCH3 is 2. The van der Waals surface area contributed by atoms with Crippen LogP contribution in [0.2, 0.25) is 0 Å². The molecular formula is C27H31FN2O3. The molecule has 1 N–H and O–H groups in total. The predicted molar refractivity (Wildman–Crippen MR) is 132 cm³/mol. The van der Waals surface area contributed by atoms with Gasteiger partial charge in [0.2, 0.25) is 5.88 Å². The third kappa shape index (κ3) is 6.04. The number of hydrogen-bond acceptors (Lipinski definition) is 5. The number of hydrogen-bond donors (Lipinski definition) is 1. The smallest absolute Gasteiger partial charge is 0.213 e. The number of nitrogens with zero attached hydrogens (tertiary/aromatic N) is 1. The summed E-state index contributed by atoms with van der Waals surface area (Å²) in [5.74, 6) is 1.33. The molecule has 1 heterocycles. The number of aromatic nitrogens is 1. The average molecular weight is 451 g/mol. The van der Waals surface area contributed by atoms with E-state index in [1.54, 1.807) is 32.5 Å². The van der Waals surface area contributed by atoms with E-state index in [1.165, 1.54) is 11.6 Å². The topological polar surface area (TPSA) is 52.6 Å². The second-order valence-electron chi connectivity index (χ2n) is 8.22. The largest absolute Gasteiger partial charge is 0.496 e. The first kappa shape index (κ1) is 24.1. The first-order chi connectivity index (χ1) is 15.8. The fourth-order valence-corrected chi connectivity index (χ4v) is 3.41. The minimum absolute atomic E-state index is 0.210. The zero-order valence-corrected chi connectivity index (χ0v) is 20.0. The molecule has 0 atom stereocenters. The first-order valence-corrected chi connectivity index (χ1v) is 10.9. The van der Waals surface area contributed by atoms with Gasteiger partial charge in [0.15, 0.2) is 0 Å². The highest BCUT2D eigenvalue weighted by atomic mass is 19.1. The Bertz CT molecular complexity index is 1120. The molecule has 0 aliphatic heterocycles. The number of pyridine rings is 1. The highest BCUT2D eigenvalue weighted by Crippen LogP contribution is 2.42. The zero-order chi connectivity index (χ0) is 24.0. The van der Waals surface area contributed by atoms with Crippen molar-refractivity contribution >= 4 is 5.69 Å². The molecule has 0 aliphatic carbocycles. The lowest BCUT2D eigenvalue weighted by Gasteiger charge is -2.17. The lowest BCUT2D eigenvalue weighted by Crippen LogP contribution is -2.09. The molecule has 0 saturated heterocycles. The van der Waals surface area contributed by atoms with Gasteiger partial charge in [0.1, 0.15) is 23.9 Å². The van der Waals surface area contributed by atoms with Crippen molar-refractivity contribution in [3.05, 3.63) is 66.1 Å². The summed E-state index contributed by atoms with van der Waals surface area (Å²) in [6.45, 7) is 8.53. The SMILES string of the molecule is COc1cc(-c2ccc(NC(C)C)cc2F)c(OC)cc1-c1ccc(OCC=C(C)C)nc1. The Labute approximate surface area is 195 Å². The van der Waals surface area contributed by atoms with Gasteiger partial charge in [0, 0.05) is 46.2 Å². The lowest BCUT2D eigenvalue weighted by atomic mass is 9.98. The van der Waals surface area contributed by atoms with Gasteiger partial charge >= 0.3 is 0 Å². The quantitative estimate of drug-likeness (QED) is 0.366. The molecule has 0 aliphatic rings. The number of ether oxygens (including phenoxy) is 3. The van der Waals surface area contributed by atoms with E-state index in [1.807, 2.05) is 58.0 Å². The Balaban J connectivity index is 1.96. The maximum absolute atomic E-state index is 15.0. The Morgan fingerprint density at radius 2 is 1.67 bits per heavy atom. The van der Waals surface area contributed by atoms with Crippen molar-refractivity contribution in [2.45, 2.75) is 33.7 Å². The van der Waals surface area contributed by atoms with E-state index in [-0.39, 0.29) is 11.9 Å². The second-order valence-corrected chi connectivity index (χ2v) is 8.22. The standard InChI is InChI=1S/C27H31FN2O3/c1-17(2)11-12-33-27-10-7-19(16-29-27)22-14-26(32-6)23(15-25(22)31-5)21-9-8-20(13-24(21)28)30-18(3)4/h7-11,13-16,18,30H,12H2,1-6H3. The summed E-state index contributed by atoms with van der Waals surface area (Å²) in [4.78, 5) is 4.40. The van der Waals surface area contributed by atoms with Crippen molar-refractivity contribution in [3.63, 3.8) is 0 Å². The second kappa shape index (κ2) is 10.9. The predicted octanol–water partition coefficient (Wildman–Crippen LogP) is 6.74. The van der Waals surface area contributed by atoms with Gasteiger partial charge in [-0.15, -0.1) is 0 Å². The summed E-state index contributed by atoms with van der Waals surface area (Å²) in [7, 11) is 3.16. The summed E-state index contributed by atoms with van der Waals surface area (Å²) in [6, 6.07) is 12.7. The van der Waals surface area contributed by atoms with E-state index in [4.69, 9.17) is 14.2 Å². The number of halogens is 1. The van der Waals surface area contributed by atoms with Gasteiger partial charge in [-0.3, -0.25) is 0 Å². The molecule has 1 aromatic heterocycles. The average Bonchev–Trinajstić information content (AvgIpc) is 2.78. The molecule has 0 spiro atoms. The molecule has 3 rings (SSSR count). The van der Waals surface area contributed by atoms with E-state index >= 15 is 0 Å². The van der Waals surface area contributed by atoms with Crippen LogP contribution in [0.1, 0.15) is 27.7 Å². The molecule has 0 saturated carbocycles. The van der Waals surface area contributed by atoms with Gasteiger partial charge in [0.05, 0.1) is 14.2 Å². The van der Waals surface area contributed by atoms with E-state index in [0.29, 0.717) is 35.1 Å². The van der Waals surface area contributed by atoms with Crippen molar-refractivity contribution in [3.8, 4) is 39.6 Å². The molecule has 0 fully saturated rings. The van der Waals surface area contributed by atoms with Crippen LogP contribution in [0.25, 0.3) is 22.3 Å². The molecule has 2 aromatic carbocycles. The third-order valence-corrected chi connectivity index (χ3v) is 5.01. The minimum Gasteiger partial charge on any atom is -0.496 e.